The van der Waals surface area contributed by atoms with E-state index in [2.05, 4.69) is 26.1 Å². The van der Waals surface area contributed by atoms with Crippen molar-refractivity contribution < 1.29 is 4.52 Å². The molecule has 2 aromatic rings. The van der Waals surface area contributed by atoms with E-state index in [1.54, 1.807) is 11.3 Å². The van der Waals surface area contributed by atoms with Crippen molar-refractivity contribution in [1.29, 1.82) is 0 Å². The van der Waals surface area contributed by atoms with E-state index in [0.29, 0.717) is 11.7 Å². The average molecular weight is 273 g/mol. The Hall–Kier alpha value is -0.680. The highest BCUT2D eigenvalue weighted by molar-refractivity contribution is 9.09. The fraction of sp³-hybridized carbons (Fsp3) is 0.333. The minimum absolute atomic E-state index is 0.699. The monoisotopic (exact) mass is 272 g/mol. The van der Waals surface area contributed by atoms with Crippen LogP contribution >= 0.6 is 27.3 Å². The molecule has 0 aliphatic rings. The Kier molecular flexibility index (Phi) is 3.31. The zero-order valence-electron chi connectivity index (χ0n) is 7.44. The van der Waals surface area contributed by atoms with Crippen molar-refractivity contribution in [1.82, 2.24) is 10.1 Å². The predicted octanol–water partition coefficient (Wildman–Crippen LogP) is 3.13. The topological polar surface area (TPSA) is 38.9 Å². The minimum atomic E-state index is 0.699. The van der Waals surface area contributed by atoms with Gasteiger partial charge in [-0.25, -0.2) is 0 Å². The number of hydrogen-bond donors (Lipinski definition) is 0. The summed E-state index contributed by atoms with van der Waals surface area (Å²) >= 11 is 4.98. The molecule has 5 heteroatoms. The van der Waals surface area contributed by atoms with Crippen LogP contribution in [0.2, 0.25) is 0 Å². The number of alkyl halides is 1. The third-order valence-corrected chi connectivity index (χ3v) is 3.16. The Morgan fingerprint density at radius 3 is 3.14 bits per heavy atom. The lowest BCUT2D eigenvalue weighted by molar-refractivity contribution is 0.378. The second-order valence-corrected chi connectivity index (χ2v) is 4.52. The second-order valence-electron chi connectivity index (χ2n) is 2.78. The number of nitrogens with zero attached hydrogens (tertiary/aromatic N) is 2. The van der Waals surface area contributed by atoms with Crippen LogP contribution in [-0.4, -0.2) is 15.5 Å². The van der Waals surface area contributed by atoms with Gasteiger partial charge in [-0.3, -0.25) is 0 Å². The molecule has 0 aliphatic carbocycles. The van der Waals surface area contributed by atoms with Gasteiger partial charge in [0.1, 0.15) is 0 Å². The zero-order chi connectivity index (χ0) is 9.80. The number of thiophene rings is 1. The van der Waals surface area contributed by atoms with E-state index in [0.717, 1.165) is 23.0 Å². The van der Waals surface area contributed by atoms with E-state index in [9.17, 15) is 0 Å². The molecule has 0 aliphatic heterocycles. The van der Waals surface area contributed by atoms with E-state index >= 15 is 0 Å². The molecule has 2 heterocycles. The maximum atomic E-state index is 5.12. The summed E-state index contributed by atoms with van der Waals surface area (Å²) in [5.74, 6) is 1.41. The molecule has 2 rings (SSSR count). The van der Waals surface area contributed by atoms with Crippen LogP contribution in [0.15, 0.2) is 22.0 Å². The summed E-state index contributed by atoms with van der Waals surface area (Å²) in [7, 11) is 0. The first kappa shape index (κ1) is 9.86. The quantitative estimate of drug-likeness (QED) is 0.803. The van der Waals surface area contributed by atoms with Gasteiger partial charge >= 0.3 is 0 Å². The van der Waals surface area contributed by atoms with Gasteiger partial charge in [0.05, 0.1) is 4.88 Å². The van der Waals surface area contributed by atoms with E-state index in [-0.39, 0.29) is 0 Å². The summed E-state index contributed by atoms with van der Waals surface area (Å²) in [5.41, 5.74) is 0. The van der Waals surface area contributed by atoms with Crippen LogP contribution < -0.4 is 0 Å². The van der Waals surface area contributed by atoms with Gasteiger partial charge in [-0.2, -0.15) is 4.98 Å². The van der Waals surface area contributed by atoms with Crippen molar-refractivity contribution in [2.75, 3.05) is 5.33 Å². The molecule has 0 unspecified atom stereocenters. The summed E-state index contributed by atoms with van der Waals surface area (Å²) in [6.45, 7) is 0. The Morgan fingerprint density at radius 1 is 1.50 bits per heavy atom. The predicted molar refractivity (Wildman–Crippen MR) is 59.7 cm³/mol. The van der Waals surface area contributed by atoms with E-state index in [4.69, 9.17) is 4.52 Å². The molecule has 74 valence electrons. The third-order valence-electron chi connectivity index (χ3n) is 1.73. The SMILES string of the molecule is BrCCCc1nc(-c2cccs2)no1. The molecule has 0 N–H and O–H groups in total. The van der Waals surface area contributed by atoms with Crippen LogP contribution in [0.25, 0.3) is 10.7 Å². The fourth-order valence-corrected chi connectivity index (χ4v) is 2.01. The fourth-order valence-electron chi connectivity index (χ4n) is 1.08. The van der Waals surface area contributed by atoms with Crippen molar-refractivity contribution in [3.63, 3.8) is 0 Å². The van der Waals surface area contributed by atoms with E-state index in [1.165, 1.54) is 0 Å². The molecule has 0 amide bonds. The Bertz CT molecular complexity index is 385. The lowest BCUT2D eigenvalue weighted by Crippen LogP contribution is -1.85. The molecule has 14 heavy (non-hydrogen) atoms. The average Bonchev–Trinajstić information content (AvgIpc) is 2.85. The largest absolute Gasteiger partial charge is 0.339 e. The van der Waals surface area contributed by atoms with Crippen molar-refractivity contribution in [2.24, 2.45) is 0 Å². The lowest BCUT2D eigenvalue weighted by Gasteiger charge is -1.87. The third kappa shape index (κ3) is 2.22. The van der Waals surface area contributed by atoms with Gasteiger partial charge in [0.2, 0.25) is 11.7 Å². The van der Waals surface area contributed by atoms with Gasteiger partial charge in [0, 0.05) is 11.8 Å². The van der Waals surface area contributed by atoms with Crippen LogP contribution in [0.1, 0.15) is 12.3 Å². The van der Waals surface area contributed by atoms with Gasteiger partial charge in [0.15, 0.2) is 0 Å². The summed E-state index contributed by atoms with van der Waals surface area (Å²) in [4.78, 5) is 5.36. The number of aryl methyl sites for hydroxylation is 1. The van der Waals surface area contributed by atoms with Gasteiger partial charge in [-0.1, -0.05) is 27.2 Å². The molecular formula is C9H9BrN2OS. The van der Waals surface area contributed by atoms with Crippen molar-refractivity contribution >= 4 is 27.3 Å². The van der Waals surface area contributed by atoms with Gasteiger partial charge in [-0.15, -0.1) is 11.3 Å². The maximum Gasteiger partial charge on any atom is 0.227 e. The number of halogens is 1. The summed E-state index contributed by atoms with van der Waals surface area (Å²) < 4.78 is 5.12. The number of aromatic nitrogens is 2. The summed E-state index contributed by atoms with van der Waals surface area (Å²) in [6.07, 6.45) is 1.86. The highest BCUT2D eigenvalue weighted by Crippen LogP contribution is 2.21. The van der Waals surface area contributed by atoms with E-state index < -0.39 is 0 Å². The Morgan fingerprint density at radius 2 is 2.43 bits per heavy atom. The standard InChI is InChI=1S/C9H9BrN2OS/c10-5-1-4-8-11-9(12-13-8)7-3-2-6-14-7/h2-3,6H,1,4-5H2. The molecule has 2 aromatic heterocycles. The molecule has 0 spiro atoms. The smallest absolute Gasteiger partial charge is 0.227 e. The molecular weight excluding hydrogens is 264 g/mol. The van der Waals surface area contributed by atoms with Crippen LogP contribution in [0, 0.1) is 0 Å². The number of hydrogen-bond acceptors (Lipinski definition) is 4. The van der Waals surface area contributed by atoms with Crippen LogP contribution in [0.4, 0.5) is 0 Å². The summed E-state index contributed by atoms with van der Waals surface area (Å²) in [5, 5.41) is 6.89. The lowest BCUT2D eigenvalue weighted by atomic mass is 10.3. The minimum Gasteiger partial charge on any atom is -0.339 e. The van der Waals surface area contributed by atoms with Gasteiger partial charge in [0.25, 0.3) is 0 Å². The normalized spacial score (nSPS) is 10.6. The van der Waals surface area contributed by atoms with Crippen LogP contribution in [0.3, 0.4) is 0 Å². The molecule has 0 atom stereocenters. The molecule has 0 radical (unpaired) electrons. The van der Waals surface area contributed by atoms with E-state index in [1.807, 2.05) is 17.5 Å². The first-order valence-electron chi connectivity index (χ1n) is 4.32. The Labute approximate surface area is 94.3 Å². The highest BCUT2D eigenvalue weighted by atomic mass is 79.9. The number of rotatable bonds is 4. The second kappa shape index (κ2) is 4.70. The van der Waals surface area contributed by atoms with Crippen LogP contribution in [0.5, 0.6) is 0 Å². The van der Waals surface area contributed by atoms with Crippen LogP contribution in [-0.2, 0) is 6.42 Å². The van der Waals surface area contributed by atoms with Gasteiger partial charge < -0.3 is 4.52 Å². The molecule has 0 aromatic carbocycles. The van der Waals surface area contributed by atoms with Crippen molar-refractivity contribution in [2.45, 2.75) is 12.8 Å². The molecule has 3 nitrogen and oxygen atoms in total. The highest BCUT2D eigenvalue weighted by Gasteiger charge is 2.08. The van der Waals surface area contributed by atoms with Gasteiger partial charge in [-0.05, 0) is 17.9 Å². The molecule has 0 bridgehead atoms. The molecule has 0 saturated heterocycles. The maximum absolute atomic E-state index is 5.12. The first-order chi connectivity index (χ1) is 6.90. The molecule has 0 fully saturated rings. The first-order valence-corrected chi connectivity index (χ1v) is 6.32. The van der Waals surface area contributed by atoms with Crippen molar-refractivity contribution in [3.8, 4) is 10.7 Å². The Balaban J connectivity index is 2.10. The van der Waals surface area contributed by atoms with Crippen molar-refractivity contribution in [3.05, 3.63) is 23.4 Å². The molecule has 0 saturated carbocycles. The zero-order valence-corrected chi connectivity index (χ0v) is 9.84. The summed E-state index contributed by atoms with van der Waals surface area (Å²) in [6, 6.07) is 3.97.